The van der Waals surface area contributed by atoms with E-state index >= 15 is 0 Å². The highest BCUT2D eigenvalue weighted by Gasteiger charge is 2.21. The molecular formula is C10H7F2NO3S. The van der Waals surface area contributed by atoms with Crippen molar-refractivity contribution in [3.8, 4) is 11.8 Å². The molecule has 7 heteroatoms. The first kappa shape index (κ1) is 13.3. The maximum Gasteiger partial charge on any atom is 0.387 e. The number of methoxy groups -OCH3 is 1. The van der Waals surface area contributed by atoms with Crippen molar-refractivity contribution >= 4 is 18.6 Å². The van der Waals surface area contributed by atoms with Crippen LogP contribution in [0.4, 0.5) is 8.78 Å². The molecule has 17 heavy (non-hydrogen) atoms. The van der Waals surface area contributed by atoms with Gasteiger partial charge in [-0.05, 0) is 12.1 Å². The van der Waals surface area contributed by atoms with Gasteiger partial charge in [-0.3, -0.25) is 0 Å². The maximum absolute atomic E-state index is 12.1. The Balaban J connectivity index is 3.36. The number of ether oxygens (including phenoxy) is 2. The first-order valence-electron chi connectivity index (χ1n) is 4.30. The second-order valence-corrected chi connectivity index (χ2v) is 3.26. The van der Waals surface area contributed by atoms with E-state index in [1.54, 1.807) is 6.07 Å². The Morgan fingerprint density at radius 1 is 1.53 bits per heavy atom. The number of benzene rings is 1. The molecule has 1 rings (SSSR count). The minimum absolute atomic E-state index is 0.0579. The Bertz CT molecular complexity index is 485. The molecule has 0 saturated heterocycles. The Morgan fingerprint density at radius 2 is 2.18 bits per heavy atom. The Morgan fingerprint density at radius 3 is 2.65 bits per heavy atom. The number of thiol groups is 1. The number of hydrogen-bond donors (Lipinski definition) is 1. The van der Waals surface area contributed by atoms with E-state index in [4.69, 9.17) is 5.26 Å². The van der Waals surface area contributed by atoms with Crippen molar-refractivity contribution in [3.63, 3.8) is 0 Å². The fourth-order valence-electron chi connectivity index (χ4n) is 1.16. The van der Waals surface area contributed by atoms with Crippen LogP contribution in [0.25, 0.3) is 0 Å². The lowest BCUT2D eigenvalue weighted by Gasteiger charge is -2.11. The van der Waals surface area contributed by atoms with Gasteiger partial charge in [0.1, 0.15) is 17.4 Å². The zero-order valence-electron chi connectivity index (χ0n) is 8.61. The molecule has 0 fully saturated rings. The van der Waals surface area contributed by atoms with Gasteiger partial charge in [0.15, 0.2) is 0 Å². The summed E-state index contributed by atoms with van der Waals surface area (Å²) >= 11 is 3.93. The predicted molar refractivity (Wildman–Crippen MR) is 56.4 cm³/mol. The van der Waals surface area contributed by atoms with E-state index in [-0.39, 0.29) is 21.8 Å². The maximum atomic E-state index is 12.1. The number of esters is 1. The summed E-state index contributed by atoms with van der Waals surface area (Å²) in [4.78, 5) is 11.3. The summed E-state index contributed by atoms with van der Waals surface area (Å²) in [5, 5.41) is 8.73. The molecule has 0 aliphatic carbocycles. The molecule has 4 nitrogen and oxygen atoms in total. The minimum atomic E-state index is -3.08. The summed E-state index contributed by atoms with van der Waals surface area (Å²) in [6.07, 6.45) is 0. The molecule has 0 aliphatic rings. The van der Waals surface area contributed by atoms with Crippen molar-refractivity contribution < 1.29 is 23.0 Å². The molecule has 0 aliphatic heterocycles. The lowest BCUT2D eigenvalue weighted by atomic mass is 10.1. The third-order valence-corrected chi connectivity index (χ3v) is 2.33. The molecule has 90 valence electrons. The molecule has 0 N–H and O–H groups in total. The average molecular weight is 259 g/mol. The number of hydrogen-bond acceptors (Lipinski definition) is 5. The summed E-state index contributed by atoms with van der Waals surface area (Å²) in [6, 6.07) is 4.09. The van der Waals surface area contributed by atoms with Gasteiger partial charge in [-0.15, -0.1) is 12.6 Å². The van der Waals surface area contributed by atoms with Gasteiger partial charge in [0.05, 0.1) is 12.7 Å². The smallest absolute Gasteiger partial charge is 0.387 e. The van der Waals surface area contributed by atoms with E-state index in [2.05, 4.69) is 22.1 Å². The summed E-state index contributed by atoms with van der Waals surface area (Å²) < 4.78 is 32.8. The minimum Gasteiger partial charge on any atom is -0.465 e. The van der Waals surface area contributed by atoms with Crippen LogP contribution in [0, 0.1) is 11.3 Å². The quantitative estimate of drug-likeness (QED) is 0.668. The number of alkyl halides is 2. The molecule has 1 aromatic carbocycles. The molecule has 0 atom stereocenters. The standard InChI is InChI=1S/C10H7F2NO3S/c1-15-9(14)7-6(16-10(11)12)3-2-5(4-13)8(7)17/h2-3,10,17H,1H3. The third kappa shape index (κ3) is 2.85. The van der Waals surface area contributed by atoms with E-state index in [0.717, 1.165) is 13.2 Å². The SMILES string of the molecule is COC(=O)c1c(OC(F)F)ccc(C#N)c1S. The van der Waals surface area contributed by atoms with Gasteiger partial charge in [0, 0.05) is 4.90 Å². The lowest BCUT2D eigenvalue weighted by molar-refractivity contribution is -0.0505. The number of nitriles is 1. The van der Waals surface area contributed by atoms with Gasteiger partial charge in [0.2, 0.25) is 0 Å². The van der Waals surface area contributed by atoms with Gasteiger partial charge in [-0.2, -0.15) is 14.0 Å². The molecular weight excluding hydrogens is 252 g/mol. The molecule has 0 spiro atoms. The van der Waals surface area contributed by atoms with Crippen molar-refractivity contribution in [2.75, 3.05) is 7.11 Å². The first-order chi connectivity index (χ1) is 8.01. The van der Waals surface area contributed by atoms with Crippen molar-refractivity contribution in [2.45, 2.75) is 11.5 Å². The molecule has 0 aromatic heterocycles. The van der Waals surface area contributed by atoms with Crippen LogP contribution in [0.2, 0.25) is 0 Å². The van der Waals surface area contributed by atoms with Crippen LogP contribution < -0.4 is 4.74 Å². The summed E-state index contributed by atoms with van der Waals surface area (Å²) in [7, 11) is 1.08. The zero-order chi connectivity index (χ0) is 13.0. The molecule has 1 aromatic rings. The third-order valence-electron chi connectivity index (χ3n) is 1.87. The van der Waals surface area contributed by atoms with Gasteiger partial charge >= 0.3 is 12.6 Å². The van der Waals surface area contributed by atoms with Crippen LogP contribution in [0.15, 0.2) is 17.0 Å². The predicted octanol–water partition coefficient (Wildman–Crippen LogP) is 2.23. The fraction of sp³-hybridized carbons (Fsp3) is 0.200. The molecule has 0 unspecified atom stereocenters. The molecule has 0 heterocycles. The number of halogens is 2. The van der Waals surface area contributed by atoms with Crippen LogP contribution in [0.1, 0.15) is 15.9 Å². The van der Waals surface area contributed by atoms with Crippen LogP contribution in [0.3, 0.4) is 0 Å². The largest absolute Gasteiger partial charge is 0.465 e. The monoisotopic (exact) mass is 259 g/mol. The highest BCUT2D eigenvalue weighted by atomic mass is 32.1. The number of rotatable bonds is 3. The molecule has 0 saturated carbocycles. The number of carbonyl (C=O) groups is 1. The molecule has 0 radical (unpaired) electrons. The van der Waals surface area contributed by atoms with Crippen molar-refractivity contribution in [2.24, 2.45) is 0 Å². The number of carbonyl (C=O) groups excluding carboxylic acids is 1. The Kier molecular flexibility index (Phi) is 4.29. The van der Waals surface area contributed by atoms with Crippen LogP contribution in [-0.2, 0) is 4.74 Å². The Hall–Kier alpha value is -1.81. The van der Waals surface area contributed by atoms with E-state index in [1.165, 1.54) is 6.07 Å². The topological polar surface area (TPSA) is 59.3 Å². The number of nitrogens with zero attached hydrogens (tertiary/aromatic N) is 1. The average Bonchev–Trinajstić information content (AvgIpc) is 2.28. The second-order valence-electron chi connectivity index (χ2n) is 2.82. The van der Waals surface area contributed by atoms with E-state index in [9.17, 15) is 13.6 Å². The van der Waals surface area contributed by atoms with Gasteiger partial charge in [0.25, 0.3) is 0 Å². The Labute approximate surface area is 101 Å². The van der Waals surface area contributed by atoms with Gasteiger partial charge < -0.3 is 9.47 Å². The first-order valence-corrected chi connectivity index (χ1v) is 4.75. The van der Waals surface area contributed by atoms with Crippen LogP contribution >= 0.6 is 12.6 Å². The lowest BCUT2D eigenvalue weighted by Crippen LogP contribution is -2.10. The fourth-order valence-corrected chi connectivity index (χ4v) is 1.48. The van der Waals surface area contributed by atoms with Gasteiger partial charge in [-0.1, -0.05) is 0 Å². The van der Waals surface area contributed by atoms with E-state index in [0.29, 0.717) is 0 Å². The zero-order valence-corrected chi connectivity index (χ0v) is 9.50. The van der Waals surface area contributed by atoms with Gasteiger partial charge in [-0.25, -0.2) is 4.79 Å². The van der Waals surface area contributed by atoms with Crippen LogP contribution in [0.5, 0.6) is 5.75 Å². The highest BCUT2D eigenvalue weighted by Crippen LogP contribution is 2.30. The second kappa shape index (κ2) is 5.50. The van der Waals surface area contributed by atoms with E-state index in [1.807, 2.05) is 0 Å². The van der Waals surface area contributed by atoms with E-state index < -0.39 is 12.6 Å². The normalized spacial score (nSPS) is 9.88. The summed E-state index contributed by atoms with van der Waals surface area (Å²) in [5.74, 6) is -1.28. The summed E-state index contributed by atoms with van der Waals surface area (Å²) in [6.45, 7) is -3.08. The highest BCUT2D eigenvalue weighted by molar-refractivity contribution is 7.80. The van der Waals surface area contributed by atoms with Crippen LogP contribution in [-0.4, -0.2) is 19.7 Å². The van der Waals surface area contributed by atoms with Crippen molar-refractivity contribution in [3.05, 3.63) is 23.3 Å². The molecule has 0 amide bonds. The molecule has 0 bridgehead atoms. The van der Waals surface area contributed by atoms with Crippen molar-refractivity contribution in [1.82, 2.24) is 0 Å². The summed E-state index contributed by atoms with van der Waals surface area (Å²) in [5.41, 5.74) is -0.231. The van der Waals surface area contributed by atoms with Crippen molar-refractivity contribution in [1.29, 1.82) is 5.26 Å².